The predicted molar refractivity (Wildman–Crippen MR) is 112 cm³/mol. The molecule has 0 aromatic carbocycles. The Hall–Kier alpha value is -3.70. The quantitative estimate of drug-likeness (QED) is 0.581. The van der Waals surface area contributed by atoms with E-state index in [4.69, 9.17) is 4.74 Å². The second kappa shape index (κ2) is 6.90. The number of urea groups is 1. The lowest BCUT2D eigenvalue weighted by molar-refractivity contribution is -0.137. The van der Waals surface area contributed by atoms with Gasteiger partial charge in [-0.2, -0.15) is 18.3 Å². The summed E-state index contributed by atoms with van der Waals surface area (Å²) >= 11 is 0. The number of pyridine rings is 2. The topological polar surface area (TPSA) is 104 Å². The van der Waals surface area contributed by atoms with Gasteiger partial charge in [-0.3, -0.25) is 24.7 Å². The fourth-order valence-corrected chi connectivity index (χ4v) is 5.62. The number of alkyl halides is 3. The monoisotopic (exact) mass is 472 g/mol. The molecule has 34 heavy (non-hydrogen) atoms. The zero-order valence-corrected chi connectivity index (χ0v) is 17.8. The van der Waals surface area contributed by atoms with Crippen molar-refractivity contribution in [2.45, 2.75) is 49.4 Å². The van der Waals surface area contributed by atoms with Crippen molar-refractivity contribution in [2.24, 2.45) is 0 Å². The molecule has 4 heterocycles. The number of H-pyrrole nitrogens is 1. The van der Waals surface area contributed by atoms with Gasteiger partial charge < -0.3 is 4.74 Å². The molecule has 3 amide bonds. The van der Waals surface area contributed by atoms with Gasteiger partial charge >= 0.3 is 12.2 Å². The Morgan fingerprint density at radius 1 is 1.09 bits per heavy atom. The first-order valence-corrected chi connectivity index (χ1v) is 10.8. The number of aromatic nitrogens is 4. The van der Waals surface area contributed by atoms with Gasteiger partial charge in [-0.05, 0) is 37.8 Å². The fraction of sp³-hybridized carbons (Fsp3) is 0.409. The smallest absolute Gasteiger partial charge is 0.417 e. The number of hydrogen-bond acceptors (Lipinski definition) is 6. The number of ether oxygens (including phenoxy) is 1. The molecule has 1 aliphatic heterocycles. The number of imide groups is 1. The van der Waals surface area contributed by atoms with Crippen LogP contribution in [0.25, 0.3) is 11.0 Å². The van der Waals surface area contributed by atoms with E-state index >= 15 is 0 Å². The summed E-state index contributed by atoms with van der Waals surface area (Å²) in [5.41, 5.74) is -1.69. The Balaban J connectivity index is 1.26. The Morgan fingerprint density at radius 3 is 2.65 bits per heavy atom. The van der Waals surface area contributed by atoms with Crippen molar-refractivity contribution in [1.29, 1.82) is 0 Å². The summed E-state index contributed by atoms with van der Waals surface area (Å²) in [5.74, 6) is 0.202. The normalized spacial score (nSPS) is 26.8. The van der Waals surface area contributed by atoms with Crippen molar-refractivity contribution in [3.63, 3.8) is 0 Å². The van der Waals surface area contributed by atoms with Gasteiger partial charge in [0, 0.05) is 18.8 Å². The maximum absolute atomic E-state index is 13.3. The molecule has 176 valence electrons. The van der Waals surface area contributed by atoms with Gasteiger partial charge in [0.2, 0.25) is 0 Å². The second-order valence-electron chi connectivity index (χ2n) is 9.16. The zero-order chi connectivity index (χ0) is 23.7. The maximum atomic E-state index is 13.3. The van der Waals surface area contributed by atoms with E-state index in [2.05, 4.69) is 20.2 Å². The molecule has 3 aliphatic rings. The van der Waals surface area contributed by atoms with Crippen molar-refractivity contribution in [2.75, 3.05) is 11.4 Å². The van der Waals surface area contributed by atoms with Gasteiger partial charge in [0.15, 0.2) is 5.65 Å². The number of carbonyl (C=O) groups is 2. The highest BCUT2D eigenvalue weighted by atomic mass is 19.4. The van der Waals surface area contributed by atoms with E-state index in [0.717, 1.165) is 22.5 Å². The van der Waals surface area contributed by atoms with Crippen LogP contribution in [0.3, 0.4) is 0 Å². The van der Waals surface area contributed by atoms with E-state index in [-0.39, 0.29) is 12.2 Å². The number of nitrogens with one attached hydrogen (secondary N) is 1. The molecule has 2 bridgehead atoms. The molecule has 0 spiro atoms. The third kappa shape index (κ3) is 3.04. The highest BCUT2D eigenvalue weighted by Crippen LogP contribution is 2.56. The van der Waals surface area contributed by atoms with Crippen molar-refractivity contribution in [3.8, 4) is 5.75 Å². The van der Waals surface area contributed by atoms with Gasteiger partial charge in [-0.15, -0.1) is 0 Å². The molecule has 2 aliphatic carbocycles. The lowest BCUT2D eigenvalue weighted by Gasteiger charge is -2.34. The predicted octanol–water partition coefficient (Wildman–Crippen LogP) is 3.67. The summed E-state index contributed by atoms with van der Waals surface area (Å²) < 4.78 is 45.8. The highest BCUT2D eigenvalue weighted by molar-refractivity contribution is 6.12. The van der Waals surface area contributed by atoms with Gasteiger partial charge in [0.05, 0.1) is 34.6 Å². The summed E-state index contributed by atoms with van der Waals surface area (Å²) in [7, 11) is 0. The lowest BCUT2D eigenvalue weighted by atomic mass is 9.91. The summed E-state index contributed by atoms with van der Waals surface area (Å²) in [6, 6.07) is 1.99. The van der Waals surface area contributed by atoms with Crippen LogP contribution >= 0.6 is 0 Å². The fourth-order valence-electron chi connectivity index (χ4n) is 5.62. The van der Waals surface area contributed by atoms with Crippen molar-refractivity contribution in [3.05, 3.63) is 42.5 Å². The Kier molecular flexibility index (Phi) is 4.24. The maximum Gasteiger partial charge on any atom is 0.417 e. The van der Waals surface area contributed by atoms with Crippen LogP contribution in [0, 0.1) is 0 Å². The van der Waals surface area contributed by atoms with E-state index in [0.29, 0.717) is 49.7 Å². The van der Waals surface area contributed by atoms with E-state index in [1.54, 1.807) is 18.5 Å². The van der Waals surface area contributed by atoms with Crippen LogP contribution in [0.1, 0.15) is 37.7 Å². The van der Waals surface area contributed by atoms with E-state index in [1.165, 1.54) is 4.90 Å². The molecule has 3 aromatic rings. The third-order valence-corrected chi connectivity index (χ3v) is 7.19. The van der Waals surface area contributed by atoms with Crippen molar-refractivity contribution in [1.82, 2.24) is 25.1 Å². The molecular weight excluding hydrogens is 453 g/mol. The Labute approximate surface area is 190 Å². The first-order valence-electron chi connectivity index (χ1n) is 10.8. The van der Waals surface area contributed by atoms with Crippen LogP contribution in [0.4, 0.5) is 23.7 Å². The molecule has 1 saturated heterocycles. The third-order valence-electron chi connectivity index (χ3n) is 7.19. The number of fused-ring (bicyclic) bond motifs is 3. The molecular formula is C22H19F3N6O3. The Bertz CT molecular complexity index is 1310. The number of nitrogens with zero attached hydrogens (tertiary/aromatic N) is 5. The summed E-state index contributed by atoms with van der Waals surface area (Å²) in [6.45, 7) is -0.322. The second-order valence-corrected chi connectivity index (χ2v) is 9.16. The van der Waals surface area contributed by atoms with Crippen molar-refractivity contribution < 1.29 is 27.5 Å². The molecule has 0 atom stereocenters. The number of amides is 3. The van der Waals surface area contributed by atoms with Gasteiger partial charge in [-0.25, -0.2) is 9.78 Å². The van der Waals surface area contributed by atoms with E-state index in [9.17, 15) is 22.8 Å². The number of hydrogen-bond donors (Lipinski definition) is 1. The average Bonchev–Trinajstić information content (AvgIpc) is 3.56. The molecule has 0 unspecified atom stereocenters. The van der Waals surface area contributed by atoms with Crippen LogP contribution in [0.15, 0.2) is 36.9 Å². The van der Waals surface area contributed by atoms with Crippen LogP contribution in [0.5, 0.6) is 5.75 Å². The van der Waals surface area contributed by atoms with Crippen LogP contribution < -0.4 is 9.64 Å². The molecule has 0 radical (unpaired) electrons. The molecule has 2 saturated carbocycles. The standard InChI is InChI=1S/C22H19F3N6O3/c23-22(24,25)13-7-14(9-26-8-13)30-11-17(32)31(19(30)33)20-2-4-21(12-20,5-3-20)34-16-1-6-27-18-15(16)10-28-29-18/h1,6-10H,2-5,11-12H2,(H,27,28,29). The number of aromatic amines is 1. The summed E-state index contributed by atoms with van der Waals surface area (Å²) in [4.78, 5) is 36.4. The van der Waals surface area contributed by atoms with Crippen LogP contribution in [-0.4, -0.2) is 54.7 Å². The summed E-state index contributed by atoms with van der Waals surface area (Å²) in [5, 5.41) is 7.56. The molecule has 9 nitrogen and oxygen atoms in total. The van der Waals surface area contributed by atoms with Crippen molar-refractivity contribution >= 4 is 28.7 Å². The number of anilines is 1. The van der Waals surface area contributed by atoms with Gasteiger partial charge in [-0.1, -0.05) is 0 Å². The largest absolute Gasteiger partial charge is 0.486 e. The molecule has 3 fully saturated rings. The Morgan fingerprint density at radius 2 is 1.88 bits per heavy atom. The SMILES string of the molecule is O=C1CN(c2cncc(C(F)(F)F)c2)C(=O)N1C12CCC(Oc3ccnc4[nH]ncc34)(CC1)C2. The summed E-state index contributed by atoms with van der Waals surface area (Å²) in [6.07, 6.45) is 3.42. The molecule has 3 aromatic heterocycles. The lowest BCUT2D eigenvalue weighted by Crippen LogP contribution is -2.49. The zero-order valence-electron chi connectivity index (χ0n) is 17.8. The molecule has 12 heteroatoms. The van der Waals surface area contributed by atoms with E-state index in [1.807, 2.05) is 0 Å². The van der Waals surface area contributed by atoms with Gasteiger partial charge in [0.25, 0.3) is 5.91 Å². The molecule has 6 rings (SSSR count). The van der Waals surface area contributed by atoms with Crippen LogP contribution in [0.2, 0.25) is 0 Å². The minimum absolute atomic E-state index is 0.0512. The molecule has 1 N–H and O–H groups in total. The number of carbonyl (C=O) groups excluding carboxylic acids is 2. The first kappa shape index (κ1) is 20.9. The van der Waals surface area contributed by atoms with Crippen LogP contribution in [-0.2, 0) is 11.0 Å². The minimum atomic E-state index is -4.60. The number of rotatable bonds is 4. The van der Waals surface area contributed by atoms with E-state index < -0.39 is 34.8 Å². The first-order chi connectivity index (χ1) is 16.2. The average molecular weight is 472 g/mol. The minimum Gasteiger partial charge on any atom is -0.486 e. The number of halogens is 3. The van der Waals surface area contributed by atoms with Gasteiger partial charge in [0.1, 0.15) is 17.9 Å². The highest BCUT2D eigenvalue weighted by Gasteiger charge is 2.63.